The van der Waals surface area contributed by atoms with Crippen LogP contribution < -0.4 is 0 Å². The van der Waals surface area contributed by atoms with Crippen molar-refractivity contribution in [2.45, 2.75) is 78.7 Å². The van der Waals surface area contributed by atoms with Gasteiger partial charge >= 0.3 is 18.1 Å². The molecule has 0 radical (unpaired) electrons. The molecule has 2 saturated carbocycles. The first-order chi connectivity index (χ1) is 17.6. The first-order valence-electron chi connectivity index (χ1n) is 13.1. The Morgan fingerprint density at radius 1 is 1.08 bits per heavy atom. The average Bonchev–Trinajstić information content (AvgIpc) is 3.23. The summed E-state index contributed by atoms with van der Waals surface area (Å²) in [7, 11) is 0. The van der Waals surface area contributed by atoms with E-state index in [2.05, 4.69) is 13.8 Å². The molecule has 0 spiro atoms. The van der Waals surface area contributed by atoms with Gasteiger partial charge in [-0.15, -0.1) is 0 Å². The van der Waals surface area contributed by atoms with Crippen molar-refractivity contribution in [3.63, 3.8) is 0 Å². The molecule has 0 saturated heterocycles. The summed E-state index contributed by atoms with van der Waals surface area (Å²) in [6.45, 7) is 11.1. The maximum absolute atomic E-state index is 14.1. The second kappa shape index (κ2) is 9.69. The third-order valence-electron chi connectivity index (χ3n) is 8.70. The fourth-order valence-electron chi connectivity index (χ4n) is 6.56. The number of carbonyl (C=O) groups is 3. The van der Waals surface area contributed by atoms with Gasteiger partial charge in [0.05, 0.1) is 17.0 Å². The first-order valence-corrected chi connectivity index (χ1v) is 13.1. The maximum atomic E-state index is 14.1. The molecule has 0 amide bonds. The molecule has 0 bridgehead atoms. The molecule has 0 N–H and O–H groups in total. The lowest BCUT2D eigenvalue weighted by Crippen LogP contribution is -2.48. The van der Waals surface area contributed by atoms with Crippen LogP contribution in [0.3, 0.4) is 0 Å². The molecule has 1 aromatic rings. The number of esters is 2. The topological polar surface area (TPSA) is 69.7 Å². The van der Waals surface area contributed by atoms with E-state index in [1.165, 1.54) is 13.0 Å². The summed E-state index contributed by atoms with van der Waals surface area (Å²) in [4.78, 5) is 39.5. The Morgan fingerprint density at radius 3 is 2.39 bits per heavy atom. The first kappa shape index (κ1) is 28.1. The van der Waals surface area contributed by atoms with Crippen molar-refractivity contribution < 1.29 is 37.0 Å². The second-order valence-electron chi connectivity index (χ2n) is 11.8. The quantitative estimate of drug-likeness (QED) is 0.319. The number of Topliss-reactive ketones (excluding diaryl/α,β-unsaturated/α-hetero) is 1. The van der Waals surface area contributed by atoms with Gasteiger partial charge in [0, 0.05) is 13.3 Å². The Labute approximate surface area is 221 Å². The van der Waals surface area contributed by atoms with Gasteiger partial charge in [-0.3, -0.25) is 9.59 Å². The van der Waals surface area contributed by atoms with Crippen LogP contribution in [0, 0.1) is 29.1 Å². The fraction of sp³-hybridized carbons (Fsp3) is 0.567. The van der Waals surface area contributed by atoms with Crippen LogP contribution >= 0.6 is 0 Å². The lowest BCUT2D eigenvalue weighted by Gasteiger charge is -2.34. The largest absolute Gasteiger partial charge is 0.458 e. The zero-order chi connectivity index (χ0) is 28.2. The highest BCUT2D eigenvalue weighted by molar-refractivity contribution is 6.03. The van der Waals surface area contributed by atoms with Gasteiger partial charge in [0.15, 0.2) is 5.60 Å². The highest BCUT2D eigenvalue weighted by Crippen LogP contribution is 2.62. The number of benzene rings is 1. The standard InChI is InChI=1S/C30H35F3O5/c1-16-10-11-22-23(28(22,5)6)13-17(2)26(35)29(38-19(4)34)15-18(3)25(24(29)12-16)37-27(36)20-8-7-9-21(14-20)30(31,32)33/h7-9,12-14,18,22-25H,10-11,15H2,1-6H3/b16-12-,17-13+/t18-,22-,23+,24-,25-,29+/m0/s1. The van der Waals surface area contributed by atoms with Gasteiger partial charge < -0.3 is 9.47 Å². The molecule has 6 atom stereocenters. The summed E-state index contributed by atoms with van der Waals surface area (Å²) in [5.41, 5.74) is -1.22. The van der Waals surface area contributed by atoms with Crippen molar-refractivity contribution in [1.29, 1.82) is 0 Å². The van der Waals surface area contributed by atoms with Crippen LogP contribution in [0.25, 0.3) is 0 Å². The van der Waals surface area contributed by atoms with Gasteiger partial charge in [-0.05, 0) is 73.6 Å². The van der Waals surface area contributed by atoms with E-state index in [0.717, 1.165) is 36.6 Å². The van der Waals surface area contributed by atoms with Crippen molar-refractivity contribution in [2.75, 3.05) is 0 Å². The van der Waals surface area contributed by atoms with Crippen LogP contribution in [-0.4, -0.2) is 29.4 Å². The summed E-state index contributed by atoms with van der Waals surface area (Å²) in [6.07, 6.45) is 0.191. The molecule has 3 aliphatic carbocycles. The van der Waals surface area contributed by atoms with E-state index < -0.39 is 47.2 Å². The molecular formula is C30H35F3O5. The summed E-state index contributed by atoms with van der Waals surface area (Å²) in [5, 5.41) is 0. The summed E-state index contributed by atoms with van der Waals surface area (Å²) < 4.78 is 51.4. The zero-order valence-corrected chi connectivity index (χ0v) is 22.6. The van der Waals surface area contributed by atoms with Gasteiger partial charge in [-0.2, -0.15) is 13.2 Å². The number of rotatable bonds is 3. The number of halogens is 3. The molecule has 0 heterocycles. The SMILES string of the molecule is CC(=O)O[C@]12C[C@H](C)[C@H](OC(=O)c3cccc(C(F)(F)F)c3)[C@@H]1/C=C(/C)CC[C@H]1[C@@H](/C=C(\C)C2=O)C1(C)C. The molecule has 5 nitrogen and oxygen atoms in total. The molecule has 2 fully saturated rings. The number of hydrogen-bond acceptors (Lipinski definition) is 5. The molecule has 8 heteroatoms. The lowest BCUT2D eigenvalue weighted by atomic mass is 9.81. The van der Waals surface area contributed by atoms with E-state index in [4.69, 9.17) is 9.47 Å². The Bertz CT molecular complexity index is 1210. The predicted molar refractivity (Wildman–Crippen MR) is 135 cm³/mol. The smallest absolute Gasteiger partial charge is 0.416 e. The third-order valence-corrected chi connectivity index (χ3v) is 8.70. The number of carbonyl (C=O) groups excluding carboxylic acids is 3. The maximum Gasteiger partial charge on any atom is 0.416 e. The van der Waals surface area contributed by atoms with Crippen LogP contribution in [-0.2, 0) is 25.2 Å². The number of allylic oxidation sites excluding steroid dienone is 2. The Morgan fingerprint density at radius 2 is 1.76 bits per heavy atom. The van der Waals surface area contributed by atoms with Gasteiger partial charge in [0.1, 0.15) is 6.10 Å². The van der Waals surface area contributed by atoms with Crippen LogP contribution in [0.5, 0.6) is 0 Å². The molecule has 38 heavy (non-hydrogen) atoms. The molecule has 0 aliphatic heterocycles. The molecule has 4 rings (SSSR count). The van der Waals surface area contributed by atoms with E-state index in [-0.39, 0.29) is 29.1 Å². The minimum Gasteiger partial charge on any atom is -0.458 e. The molecule has 3 aliphatic rings. The van der Waals surface area contributed by atoms with E-state index in [1.807, 2.05) is 19.1 Å². The van der Waals surface area contributed by atoms with Crippen molar-refractivity contribution in [2.24, 2.45) is 29.1 Å². The second-order valence-corrected chi connectivity index (χ2v) is 11.8. The monoisotopic (exact) mass is 532 g/mol. The van der Waals surface area contributed by atoms with Crippen molar-refractivity contribution in [3.05, 3.63) is 58.7 Å². The summed E-state index contributed by atoms with van der Waals surface area (Å²) in [6, 6.07) is 4.06. The summed E-state index contributed by atoms with van der Waals surface area (Å²) >= 11 is 0. The molecular weight excluding hydrogens is 497 g/mol. The van der Waals surface area contributed by atoms with Crippen LogP contribution in [0.15, 0.2) is 47.6 Å². The van der Waals surface area contributed by atoms with Gasteiger partial charge in [0.2, 0.25) is 5.78 Å². The third kappa shape index (κ3) is 5.06. The minimum atomic E-state index is -4.61. The summed E-state index contributed by atoms with van der Waals surface area (Å²) in [5.74, 6) is -2.40. The van der Waals surface area contributed by atoms with Gasteiger partial charge in [-0.25, -0.2) is 4.79 Å². The zero-order valence-electron chi connectivity index (χ0n) is 22.6. The highest BCUT2D eigenvalue weighted by atomic mass is 19.4. The van der Waals surface area contributed by atoms with Crippen molar-refractivity contribution in [1.82, 2.24) is 0 Å². The Balaban J connectivity index is 1.75. The van der Waals surface area contributed by atoms with E-state index in [9.17, 15) is 27.6 Å². The lowest BCUT2D eigenvalue weighted by molar-refractivity contribution is -0.168. The van der Waals surface area contributed by atoms with E-state index in [1.54, 1.807) is 13.8 Å². The Hall–Kier alpha value is -2.90. The van der Waals surface area contributed by atoms with Crippen LogP contribution in [0.1, 0.15) is 76.7 Å². The number of ether oxygens (including phenoxy) is 2. The van der Waals surface area contributed by atoms with Crippen molar-refractivity contribution in [3.8, 4) is 0 Å². The molecule has 0 unspecified atom stereocenters. The number of alkyl halides is 3. The average molecular weight is 533 g/mol. The predicted octanol–water partition coefficient (Wildman–Crippen LogP) is 6.72. The fourth-order valence-corrected chi connectivity index (χ4v) is 6.56. The van der Waals surface area contributed by atoms with Crippen LogP contribution in [0.4, 0.5) is 13.2 Å². The normalized spacial score (nSPS) is 35.4. The van der Waals surface area contributed by atoms with Crippen molar-refractivity contribution >= 4 is 17.7 Å². The van der Waals surface area contributed by atoms with Gasteiger partial charge in [0.25, 0.3) is 0 Å². The van der Waals surface area contributed by atoms with E-state index in [0.29, 0.717) is 11.5 Å². The van der Waals surface area contributed by atoms with E-state index >= 15 is 0 Å². The van der Waals surface area contributed by atoms with Crippen LogP contribution in [0.2, 0.25) is 0 Å². The highest BCUT2D eigenvalue weighted by Gasteiger charge is 2.61. The van der Waals surface area contributed by atoms with Gasteiger partial charge in [-0.1, -0.05) is 44.6 Å². The molecule has 0 aromatic heterocycles. The number of fused-ring (bicyclic) bond motifs is 2. The molecule has 1 aromatic carbocycles. The minimum absolute atomic E-state index is 0.0704. The number of hydrogen-bond donors (Lipinski definition) is 0. The molecule has 206 valence electrons. The Kier molecular flexibility index (Phi) is 7.17. The number of ketones is 1.